The van der Waals surface area contributed by atoms with Gasteiger partial charge in [-0.3, -0.25) is 4.79 Å². The first kappa shape index (κ1) is 13.6. The quantitative estimate of drug-likeness (QED) is 0.834. The number of carboxylic acids is 1. The molecule has 0 aliphatic carbocycles. The van der Waals surface area contributed by atoms with Crippen molar-refractivity contribution < 1.29 is 24.5 Å². The van der Waals surface area contributed by atoms with E-state index in [-0.39, 0.29) is 16.9 Å². The van der Waals surface area contributed by atoms with Crippen LogP contribution in [0.5, 0.6) is 11.5 Å². The van der Waals surface area contributed by atoms with Crippen LogP contribution in [0.1, 0.15) is 26.3 Å². The summed E-state index contributed by atoms with van der Waals surface area (Å²) in [7, 11) is 1.51. The number of aromatic carboxylic acids is 1. The molecule has 0 atom stereocenters. The highest BCUT2D eigenvalue weighted by Gasteiger charge is 2.18. The molecular formula is C15H12O5. The van der Waals surface area contributed by atoms with Crippen LogP contribution in [-0.2, 0) is 0 Å². The topological polar surface area (TPSA) is 83.8 Å². The van der Waals surface area contributed by atoms with Gasteiger partial charge in [-0.1, -0.05) is 0 Å². The average molecular weight is 272 g/mol. The molecule has 0 aliphatic rings. The van der Waals surface area contributed by atoms with Crippen LogP contribution < -0.4 is 4.74 Å². The summed E-state index contributed by atoms with van der Waals surface area (Å²) >= 11 is 0. The Bertz CT molecular complexity index is 658. The summed E-state index contributed by atoms with van der Waals surface area (Å²) in [6.45, 7) is 0. The molecule has 0 saturated heterocycles. The second-order valence-corrected chi connectivity index (χ2v) is 4.09. The van der Waals surface area contributed by atoms with Gasteiger partial charge in [-0.15, -0.1) is 0 Å². The van der Waals surface area contributed by atoms with E-state index >= 15 is 0 Å². The Hall–Kier alpha value is -2.82. The molecule has 0 unspecified atom stereocenters. The fraction of sp³-hybridized carbons (Fsp3) is 0.0667. The Morgan fingerprint density at radius 3 is 2.20 bits per heavy atom. The number of carboxylic acid groups (broad SMARTS) is 1. The molecule has 0 bridgehead atoms. The molecule has 102 valence electrons. The summed E-state index contributed by atoms with van der Waals surface area (Å²) in [5, 5.41) is 18.5. The van der Waals surface area contributed by atoms with E-state index in [1.807, 2.05) is 0 Å². The molecule has 5 nitrogen and oxygen atoms in total. The second kappa shape index (κ2) is 5.44. The van der Waals surface area contributed by atoms with Gasteiger partial charge in [0.2, 0.25) is 0 Å². The van der Waals surface area contributed by atoms with E-state index in [0.29, 0.717) is 11.3 Å². The summed E-state index contributed by atoms with van der Waals surface area (Å²) < 4.78 is 4.99. The van der Waals surface area contributed by atoms with E-state index < -0.39 is 11.8 Å². The SMILES string of the molecule is COc1ccc(C(=O)c2cc(O)ccc2C(=O)O)cc1. The standard InChI is InChI=1S/C15H12O5/c1-20-11-5-2-9(3-6-11)14(17)13-8-10(16)4-7-12(13)15(18)19/h2-8,16H,1H3,(H,18,19). The lowest BCUT2D eigenvalue weighted by Crippen LogP contribution is -2.09. The number of ether oxygens (including phenoxy) is 1. The van der Waals surface area contributed by atoms with Gasteiger partial charge in [-0.05, 0) is 42.5 Å². The summed E-state index contributed by atoms with van der Waals surface area (Å²) in [4.78, 5) is 23.4. The van der Waals surface area contributed by atoms with Crippen molar-refractivity contribution in [2.24, 2.45) is 0 Å². The van der Waals surface area contributed by atoms with Gasteiger partial charge >= 0.3 is 5.97 Å². The largest absolute Gasteiger partial charge is 0.508 e. The number of ketones is 1. The molecule has 2 aromatic rings. The van der Waals surface area contributed by atoms with E-state index in [1.54, 1.807) is 12.1 Å². The van der Waals surface area contributed by atoms with Crippen LogP contribution in [-0.4, -0.2) is 29.1 Å². The number of hydrogen-bond acceptors (Lipinski definition) is 4. The minimum Gasteiger partial charge on any atom is -0.508 e. The van der Waals surface area contributed by atoms with Crippen molar-refractivity contribution in [1.29, 1.82) is 0 Å². The van der Waals surface area contributed by atoms with Crippen molar-refractivity contribution in [2.75, 3.05) is 7.11 Å². The monoisotopic (exact) mass is 272 g/mol. The zero-order valence-electron chi connectivity index (χ0n) is 10.7. The molecule has 0 aliphatic heterocycles. The van der Waals surface area contributed by atoms with Gasteiger partial charge in [0.15, 0.2) is 5.78 Å². The molecule has 0 aromatic heterocycles. The molecule has 0 radical (unpaired) electrons. The van der Waals surface area contributed by atoms with Crippen molar-refractivity contribution in [3.05, 3.63) is 59.2 Å². The van der Waals surface area contributed by atoms with Crippen LogP contribution in [0.2, 0.25) is 0 Å². The molecular weight excluding hydrogens is 260 g/mol. The number of carbonyl (C=O) groups is 2. The number of rotatable bonds is 4. The average Bonchev–Trinajstić information content (AvgIpc) is 2.46. The Kier molecular flexibility index (Phi) is 3.70. The van der Waals surface area contributed by atoms with E-state index in [1.165, 1.54) is 31.4 Å². The van der Waals surface area contributed by atoms with Gasteiger partial charge in [-0.2, -0.15) is 0 Å². The zero-order chi connectivity index (χ0) is 14.7. The predicted octanol–water partition coefficient (Wildman–Crippen LogP) is 2.33. The highest BCUT2D eigenvalue weighted by Crippen LogP contribution is 2.21. The minimum absolute atomic E-state index is 0.0531. The van der Waals surface area contributed by atoms with Gasteiger partial charge in [0.25, 0.3) is 0 Å². The van der Waals surface area contributed by atoms with Crippen LogP contribution in [0.15, 0.2) is 42.5 Å². The summed E-state index contributed by atoms with van der Waals surface area (Å²) in [6.07, 6.45) is 0. The third-order valence-corrected chi connectivity index (χ3v) is 2.83. The number of hydrogen-bond donors (Lipinski definition) is 2. The van der Waals surface area contributed by atoms with Crippen molar-refractivity contribution >= 4 is 11.8 Å². The van der Waals surface area contributed by atoms with Crippen molar-refractivity contribution in [3.8, 4) is 11.5 Å². The number of phenolic OH excluding ortho intramolecular Hbond substituents is 1. The lowest BCUT2D eigenvalue weighted by Gasteiger charge is -2.07. The first-order valence-electron chi connectivity index (χ1n) is 5.78. The highest BCUT2D eigenvalue weighted by molar-refractivity contribution is 6.14. The third kappa shape index (κ3) is 2.61. The van der Waals surface area contributed by atoms with Crippen LogP contribution in [0.3, 0.4) is 0 Å². The van der Waals surface area contributed by atoms with Crippen LogP contribution in [0.4, 0.5) is 0 Å². The molecule has 0 heterocycles. The van der Waals surface area contributed by atoms with Crippen molar-refractivity contribution in [2.45, 2.75) is 0 Å². The Morgan fingerprint density at radius 2 is 1.65 bits per heavy atom. The van der Waals surface area contributed by atoms with E-state index in [4.69, 9.17) is 9.84 Å². The second-order valence-electron chi connectivity index (χ2n) is 4.09. The number of phenols is 1. The number of carbonyl (C=O) groups excluding carboxylic acids is 1. The minimum atomic E-state index is -1.22. The maximum absolute atomic E-state index is 12.3. The maximum Gasteiger partial charge on any atom is 0.336 e. The molecule has 2 rings (SSSR count). The molecule has 0 spiro atoms. The van der Waals surface area contributed by atoms with E-state index in [0.717, 1.165) is 6.07 Å². The highest BCUT2D eigenvalue weighted by atomic mass is 16.5. The molecule has 5 heteroatoms. The van der Waals surface area contributed by atoms with Crippen LogP contribution in [0.25, 0.3) is 0 Å². The van der Waals surface area contributed by atoms with Gasteiger partial charge < -0.3 is 14.9 Å². The van der Waals surface area contributed by atoms with Gasteiger partial charge in [-0.25, -0.2) is 4.79 Å². The Morgan fingerprint density at radius 1 is 1.00 bits per heavy atom. The molecule has 20 heavy (non-hydrogen) atoms. The molecule has 0 saturated carbocycles. The van der Waals surface area contributed by atoms with Gasteiger partial charge in [0.05, 0.1) is 12.7 Å². The number of aromatic hydroxyl groups is 1. The zero-order valence-corrected chi connectivity index (χ0v) is 10.7. The summed E-state index contributed by atoms with van der Waals surface area (Å²) in [6, 6.07) is 9.87. The van der Waals surface area contributed by atoms with Crippen molar-refractivity contribution in [1.82, 2.24) is 0 Å². The van der Waals surface area contributed by atoms with Crippen LogP contribution >= 0.6 is 0 Å². The fourth-order valence-corrected chi connectivity index (χ4v) is 1.80. The number of benzene rings is 2. The van der Waals surface area contributed by atoms with Gasteiger partial charge in [0, 0.05) is 11.1 Å². The first-order chi connectivity index (χ1) is 9.52. The van der Waals surface area contributed by atoms with Gasteiger partial charge in [0.1, 0.15) is 11.5 Å². The Labute approximate surface area is 115 Å². The van der Waals surface area contributed by atoms with Crippen molar-refractivity contribution in [3.63, 3.8) is 0 Å². The lowest BCUT2D eigenvalue weighted by atomic mass is 9.98. The smallest absolute Gasteiger partial charge is 0.336 e. The normalized spacial score (nSPS) is 10.1. The first-order valence-corrected chi connectivity index (χ1v) is 5.78. The lowest BCUT2D eigenvalue weighted by molar-refractivity contribution is 0.0693. The third-order valence-electron chi connectivity index (χ3n) is 2.83. The fourth-order valence-electron chi connectivity index (χ4n) is 1.80. The van der Waals surface area contributed by atoms with Crippen LogP contribution in [0, 0.1) is 0 Å². The molecule has 2 aromatic carbocycles. The maximum atomic E-state index is 12.3. The Balaban J connectivity index is 2.46. The summed E-state index contributed by atoms with van der Waals surface area (Å²) in [5.74, 6) is -1.26. The molecule has 0 fully saturated rings. The van der Waals surface area contributed by atoms with E-state index in [2.05, 4.69) is 0 Å². The number of methoxy groups -OCH3 is 1. The molecule has 0 amide bonds. The van der Waals surface area contributed by atoms with E-state index in [9.17, 15) is 14.7 Å². The predicted molar refractivity (Wildman–Crippen MR) is 71.5 cm³/mol. The summed E-state index contributed by atoms with van der Waals surface area (Å²) in [5.41, 5.74) is 0.116. The molecule has 2 N–H and O–H groups in total.